The first kappa shape index (κ1) is 18.4. The number of carboxylic acid groups (broad SMARTS) is 1. The summed E-state index contributed by atoms with van der Waals surface area (Å²) in [5.74, 6) is -1.05. The van der Waals surface area contributed by atoms with Crippen LogP contribution in [0.25, 0.3) is 22.2 Å². The van der Waals surface area contributed by atoms with Gasteiger partial charge < -0.3 is 5.11 Å². The number of rotatable bonds is 4. The first-order chi connectivity index (χ1) is 13.9. The van der Waals surface area contributed by atoms with Gasteiger partial charge in [-0.25, -0.2) is 4.79 Å². The van der Waals surface area contributed by atoms with Crippen molar-refractivity contribution in [1.29, 1.82) is 5.26 Å². The van der Waals surface area contributed by atoms with Gasteiger partial charge in [-0.1, -0.05) is 42.5 Å². The molecule has 142 valence electrons. The predicted octanol–water partition coefficient (Wildman–Crippen LogP) is 3.51. The molecule has 0 saturated carbocycles. The zero-order valence-corrected chi connectivity index (χ0v) is 15.7. The number of benzene rings is 3. The molecule has 0 spiro atoms. The molecule has 0 bridgehead atoms. The highest BCUT2D eigenvalue weighted by atomic mass is 32.2. The number of carboxylic acids is 1. The molecule has 0 aliphatic rings. The first-order valence-electron chi connectivity index (χ1n) is 8.49. The van der Waals surface area contributed by atoms with Gasteiger partial charge in [-0.05, 0) is 30.3 Å². The van der Waals surface area contributed by atoms with Gasteiger partial charge in [-0.2, -0.15) is 22.9 Å². The highest BCUT2D eigenvalue weighted by Crippen LogP contribution is 2.31. The van der Waals surface area contributed by atoms with Crippen molar-refractivity contribution < 1.29 is 18.3 Å². The van der Waals surface area contributed by atoms with Crippen LogP contribution < -0.4 is 0 Å². The number of nitriles is 1. The van der Waals surface area contributed by atoms with E-state index in [0.717, 1.165) is 4.09 Å². The fourth-order valence-corrected chi connectivity index (χ4v) is 4.52. The maximum atomic E-state index is 13.3. The largest absolute Gasteiger partial charge is 0.478 e. The molecule has 0 radical (unpaired) electrons. The molecular formula is C21H13N3O4S. The van der Waals surface area contributed by atoms with Crippen LogP contribution in [0.3, 0.4) is 0 Å². The molecule has 4 aromatic rings. The van der Waals surface area contributed by atoms with Crippen LogP contribution in [0.5, 0.6) is 0 Å². The Kier molecular flexibility index (Phi) is 4.37. The fraction of sp³-hybridized carbons (Fsp3) is 0. The average molecular weight is 403 g/mol. The van der Waals surface area contributed by atoms with E-state index in [-0.39, 0.29) is 16.0 Å². The van der Waals surface area contributed by atoms with Crippen molar-refractivity contribution in [2.45, 2.75) is 4.90 Å². The van der Waals surface area contributed by atoms with Crippen molar-refractivity contribution >= 4 is 26.9 Å². The number of hydrogen-bond donors (Lipinski definition) is 1. The van der Waals surface area contributed by atoms with Gasteiger partial charge in [0.1, 0.15) is 16.7 Å². The first-order valence-corrected chi connectivity index (χ1v) is 9.93. The summed E-state index contributed by atoms with van der Waals surface area (Å²) in [6.07, 6.45) is 0. The maximum Gasteiger partial charge on any atom is 0.335 e. The molecule has 8 heteroatoms. The summed E-state index contributed by atoms with van der Waals surface area (Å²) in [5, 5.41) is 23.3. The molecule has 1 N–H and O–H groups in total. The molecule has 7 nitrogen and oxygen atoms in total. The maximum absolute atomic E-state index is 13.3. The Morgan fingerprint density at radius 1 is 0.966 bits per heavy atom. The lowest BCUT2D eigenvalue weighted by Gasteiger charge is -2.07. The lowest BCUT2D eigenvalue weighted by molar-refractivity contribution is 0.0697. The molecule has 3 aromatic carbocycles. The summed E-state index contributed by atoms with van der Waals surface area (Å²) >= 11 is 0. The summed E-state index contributed by atoms with van der Waals surface area (Å²) < 4.78 is 27.5. The van der Waals surface area contributed by atoms with E-state index >= 15 is 0 Å². The highest BCUT2D eigenvalue weighted by molar-refractivity contribution is 7.90. The molecule has 0 amide bonds. The molecule has 1 aromatic heterocycles. The Morgan fingerprint density at radius 3 is 2.31 bits per heavy atom. The van der Waals surface area contributed by atoms with E-state index in [1.807, 2.05) is 6.07 Å². The average Bonchev–Trinajstić information content (AvgIpc) is 3.14. The summed E-state index contributed by atoms with van der Waals surface area (Å²) in [6, 6.07) is 20.7. The number of hydrogen-bond acceptors (Lipinski definition) is 5. The zero-order valence-electron chi connectivity index (χ0n) is 14.9. The SMILES string of the molecule is N#Cc1ccccc1S(=O)(=O)n1nc(-c2ccc(C(=O)O)cc2)c2ccccc21. The summed E-state index contributed by atoms with van der Waals surface area (Å²) in [7, 11) is -4.13. The van der Waals surface area contributed by atoms with Gasteiger partial charge in [-0.3, -0.25) is 0 Å². The number of aromatic nitrogens is 2. The van der Waals surface area contributed by atoms with Crippen molar-refractivity contribution in [3.05, 3.63) is 83.9 Å². The lowest BCUT2D eigenvalue weighted by atomic mass is 10.1. The number of para-hydroxylation sites is 1. The van der Waals surface area contributed by atoms with Gasteiger partial charge in [-0.15, -0.1) is 0 Å². The number of nitrogens with zero attached hydrogens (tertiary/aromatic N) is 3. The van der Waals surface area contributed by atoms with Crippen LogP contribution in [0.4, 0.5) is 0 Å². The Morgan fingerprint density at radius 2 is 1.62 bits per heavy atom. The molecule has 0 aliphatic carbocycles. The molecule has 29 heavy (non-hydrogen) atoms. The van der Waals surface area contributed by atoms with Gasteiger partial charge in [0.15, 0.2) is 0 Å². The Labute approximate surface area is 166 Å². The van der Waals surface area contributed by atoms with Crippen molar-refractivity contribution in [2.24, 2.45) is 0 Å². The third-order valence-electron chi connectivity index (χ3n) is 4.47. The highest BCUT2D eigenvalue weighted by Gasteiger charge is 2.25. The van der Waals surface area contributed by atoms with Crippen LogP contribution in [0, 0.1) is 11.3 Å². The van der Waals surface area contributed by atoms with Crippen molar-refractivity contribution in [3.8, 4) is 17.3 Å². The minimum absolute atomic E-state index is 0.0273. The third kappa shape index (κ3) is 3.03. The van der Waals surface area contributed by atoms with E-state index < -0.39 is 16.0 Å². The molecule has 0 aliphatic heterocycles. The summed E-state index contributed by atoms with van der Waals surface area (Å²) in [6.45, 7) is 0. The second-order valence-electron chi connectivity index (χ2n) is 6.20. The lowest BCUT2D eigenvalue weighted by Crippen LogP contribution is -2.15. The number of carbonyl (C=O) groups is 1. The van der Waals surface area contributed by atoms with E-state index in [0.29, 0.717) is 22.2 Å². The minimum Gasteiger partial charge on any atom is -0.478 e. The van der Waals surface area contributed by atoms with Crippen molar-refractivity contribution in [1.82, 2.24) is 9.19 Å². The Hall–Kier alpha value is -3.96. The van der Waals surface area contributed by atoms with Gasteiger partial charge in [0, 0.05) is 10.9 Å². The molecular weight excluding hydrogens is 390 g/mol. The standard InChI is InChI=1S/C21H13N3O4S/c22-13-16-5-1-4-8-19(16)29(27,28)24-18-7-3-2-6-17(18)20(23-24)14-9-11-15(12-10-14)21(25)26/h1-12H,(H,25,26). The topological polar surface area (TPSA) is 113 Å². The Balaban J connectivity index is 1.96. The van der Waals surface area contributed by atoms with E-state index in [9.17, 15) is 18.5 Å². The van der Waals surface area contributed by atoms with Crippen LogP contribution in [0.2, 0.25) is 0 Å². The molecule has 0 atom stereocenters. The normalized spacial score (nSPS) is 11.3. The van der Waals surface area contributed by atoms with Crippen LogP contribution in [-0.2, 0) is 10.0 Å². The van der Waals surface area contributed by atoms with E-state index in [4.69, 9.17) is 5.11 Å². The fourth-order valence-electron chi connectivity index (χ4n) is 3.08. The molecule has 0 unspecified atom stereocenters. The third-order valence-corrected chi connectivity index (χ3v) is 6.12. The van der Waals surface area contributed by atoms with E-state index in [1.165, 1.54) is 24.3 Å². The van der Waals surface area contributed by atoms with Crippen LogP contribution in [-0.4, -0.2) is 28.7 Å². The summed E-state index contributed by atoms with van der Waals surface area (Å²) in [4.78, 5) is 11.0. The van der Waals surface area contributed by atoms with E-state index in [2.05, 4.69) is 5.10 Å². The van der Waals surface area contributed by atoms with E-state index in [1.54, 1.807) is 48.5 Å². The van der Waals surface area contributed by atoms with Crippen molar-refractivity contribution in [2.75, 3.05) is 0 Å². The second-order valence-corrected chi connectivity index (χ2v) is 7.94. The zero-order chi connectivity index (χ0) is 20.6. The summed E-state index contributed by atoms with van der Waals surface area (Å²) in [5.41, 5.74) is 1.48. The van der Waals surface area contributed by atoms with Crippen molar-refractivity contribution in [3.63, 3.8) is 0 Å². The number of aromatic carboxylic acids is 1. The van der Waals surface area contributed by atoms with Crippen LogP contribution in [0.15, 0.2) is 77.7 Å². The monoisotopic (exact) mass is 403 g/mol. The van der Waals surface area contributed by atoms with Crippen LogP contribution >= 0.6 is 0 Å². The quantitative estimate of drug-likeness (QED) is 0.558. The Bertz CT molecular complexity index is 1400. The smallest absolute Gasteiger partial charge is 0.335 e. The number of fused-ring (bicyclic) bond motifs is 1. The van der Waals surface area contributed by atoms with Gasteiger partial charge >= 0.3 is 5.97 Å². The van der Waals surface area contributed by atoms with Gasteiger partial charge in [0.2, 0.25) is 0 Å². The van der Waals surface area contributed by atoms with Gasteiger partial charge in [0.25, 0.3) is 10.0 Å². The molecule has 0 fully saturated rings. The molecule has 4 rings (SSSR count). The molecule has 0 saturated heterocycles. The predicted molar refractivity (Wildman–Crippen MR) is 106 cm³/mol. The molecule has 1 heterocycles. The van der Waals surface area contributed by atoms with Gasteiger partial charge in [0.05, 0.1) is 16.6 Å². The minimum atomic E-state index is -4.13. The van der Waals surface area contributed by atoms with Crippen LogP contribution in [0.1, 0.15) is 15.9 Å². The second kappa shape index (κ2) is 6.89.